The normalized spacial score (nSPS) is 19.4. The fourth-order valence-electron chi connectivity index (χ4n) is 4.81. The Bertz CT molecular complexity index is 1250. The van der Waals surface area contributed by atoms with Crippen molar-refractivity contribution in [1.29, 1.82) is 0 Å². The molecule has 0 saturated carbocycles. The van der Waals surface area contributed by atoms with Crippen LogP contribution < -0.4 is 15.4 Å². The van der Waals surface area contributed by atoms with Crippen molar-refractivity contribution in [3.05, 3.63) is 88.4 Å². The number of hydrogen-bond donors (Lipinski definition) is 2. The van der Waals surface area contributed by atoms with Gasteiger partial charge in [0.25, 0.3) is 5.91 Å². The molecule has 0 fully saturated rings. The van der Waals surface area contributed by atoms with Gasteiger partial charge in [-0.15, -0.1) is 0 Å². The van der Waals surface area contributed by atoms with Gasteiger partial charge in [-0.25, -0.2) is 4.79 Å². The lowest BCUT2D eigenvalue weighted by molar-refractivity contribution is -0.140. The van der Waals surface area contributed by atoms with E-state index in [4.69, 9.17) is 16.3 Å². The highest BCUT2D eigenvalue weighted by Gasteiger charge is 2.35. The van der Waals surface area contributed by atoms with Gasteiger partial charge in [0.2, 0.25) is 0 Å². The molecule has 174 valence electrons. The lowest BCUT2D eigenvalue weighted by atomic mass is 9.86. The summed E-state index contributed by atoms with van der Waals surface area (Å²) in [6.07, 6.45) is 2.41. The highest BCUT2D eigenvalue weighted by atomic mass is 35.5. The third-order valence-electron chi connectivity index (χ3n) is 6.39. The number of carbonyl (C=O) groups excluding carboxylic acids is 2. The molecule has 0 saturated heterocycles. The Morgan fingerprint density at radius 3 is 2.62 bits per heavy atom. The number of halogens is 1. The molecule has 1 aliphatic heterocycles. The van der Waals surface area contributed by atoms with Crippen molar-refractivity contribution in [2.45, 2.75) is 44.9 Å². The Balaban J connectivity index is 1.39. The summed E-state index contributed by atoms with van der Waals surface area (Å²) in [6, 6.07) is 20.4. The van der Waals surface area contributed by atoms with Crippen LogP contribution in [0.3, 0.4) is 0 Å². The predicted molar refractivity (Wildman–Crippen MR) is 133 cm³/mol. The molecule has 2 N–H and O–H groups in total. The van der Waals surface area contributed by atoms with E-state index in [0.717, 1.165) is 24.8 Å². The second kappa shape index (κ2) is 9.39. The van der Waals surface area contributed by atoms with E-state index in [0.29, 0.717) is 28.7 Å². The molecule has 3 amide bonds. The highest BCUT2D eigenvalue weighted by molar-refractivity contribution is 6.30. The summed E-state index contributed by atoms with van der Waals surface area (Å²) in [7, 11) is 0. The molecule has 0 aromatic heterocycles. The Morgan fingerprint density at radius 2 is 1.79 bits per heavy atom. The Labute approximate surface area is 203 Å². The SMILES string of the molecule is C[C@H]1Oc2ccc(NC(=O)Nc3cccc(Cl)c3)cc2CN([C@@H]2CCCc3ccccc32)C1=O. The van der Waals surface area contributed by atoms with E-state index in [1.54, 1.807) is 37.3 Å². The van der Waals surface area contributed by atoms with Gasteiger partial charge in [-0.2, -0.15) is 0 Å². The average Bonchev–Trinajstić information content (AvgIpc) is 2.94. The van der Waals surface area contributed by atoms with E-state index in [1.807, 2.05) is 23.1 Å². The minimum absolute atomic E-state index is 0.0113. The van der Waals surface area contributed by atoms with E-state index < -0.39 is 6.10 Å². The molecule has 2 atom stereocenters. The fraction of sp³-hybridized carbons (Fsp3) is 0.259. The van der Waals surface area contributed by atoms with Crippen LogP contribution in [0.1, 0.15) is 42.5 Å². The molecule has 3 aromatic rings. The minimum atomic E-state index is -0.583. The standard InChI is InChI=1S/C27H26ClN3O3/c1-17-26(32)31(24-11-4-7-18-6-2-3-10-23(18)24)16-19-14-22(12-13-25(19)34-17)30-27(33)29-21-9-5-8-20(28)15-21/h2-3,5-6,8-10,12-15,17,24H,4,7,11,16H2,1H3,(H2,29,30,33)/t17-,24-/m1/s1. The number of benzene rings is 3. The van der Waals surface area contributed by atoms with Crippen molar-refractivity contribution in [2.75, 3.05) is 10.6 Å². The molecule has 1 heterocycles. The van der Waals surface area contributed by atoms with E-state index >= 15 is 0 Å². The van der Waals surface area contributed by atoms with Crippen LogP contribution in [0.4, 0.5) is 16.2 Å². The van der Waals surface area contributed by atoms with Crippen LogP contribution in [0, 0.1) is 0 Å². The van der Waals surface area contributed by atoms with Crippen LogP contribution in [-0.2, 0) is 17.8 Å². The molecule has 5 rings (SSSR count). The van der Waals surface area contributed by atoms with Crippen molar-refractivity contribution in [1.82, 2.24) is 4.90 Å². The molecule has 2 aliphatic rings. The van der Waals surface area contributed by atoms with Crippen molar-refractivity contribution in [3.8, 4) is 5.75 Å². The van der Waals surface area contributed by atoms with E-state index in [-0.39, 0.29) is 18.0 Å². The maximum absolute atomic E-state index is 13.3. The number of ether oxygens (including phenoxy) is 1. The number of rotatable bonds is 3. The molecular formula is C27H26ClN3O3. The third kappa shape index (κ3) is 4.59. The summed E-state index contributed by atoms with van der Waals surface area (Å²) in [5.74, 6) is 0.638. The fourth-order valence-corrected chi connectivity index (χ4v) is 5.00. The summed E-state index contributed by atoms with van der Waals surface area (Å²) in [5, 5.41) is 6.18. The molecule has 6 nitrogen and oxygen atoms in total. The number of urea groups is 1. The number of amides is 3. The van der Waals surface area contributed by atoms with Gasteiger partial charge in [-0.3, -0.25) is 4.79 Å². The first kappa shape index (κ1) is 22.3. The quantitative estimate of drug-likeness (QED) is 0.475. The van der Waals surface area contributed by atoms with Crippen molar-refractivity contribution in [2.24, 2.45) is 0 Å². The first-order chi connectivity index (χ1) is 16.5. The van der Waals surface area contributed by atoms with Gasteiger partial charge >= 0.3 is 6.03 Å². The van der Waals surface area contributed by atoms with E-state index in [2.05, 4.69) is 28.8 Å². The summed E-state index contributed by atoms with van der Waals surface area (Å²) in [4.78, 5) is 27.8. The van der Waals surface area contributed by atoms with Crippen molar-refractivity contribution < 1.29 is 14.3 Å². The van der Waals surface area contributed by atoms with Crippen LogP contribution in [0.2, 0.25) is 5.02 Å². The Kier molecular flexibility index (Phi) is 6.16. The molecular weight excluding hydrogens is 450 g/mol. The van der Waals surface area contributed by atoms with Gasteiger partial charge in [0.15, 0.2) is 6.10 Å². The summed E-state index contributed by atoms with van der Waals surface area (Å²) in [6.45, 7) is 2.21. The molecule has 7 heteroatoms. The number of hydrogen-bond acceptors (Lipinski definition) is 3. The van der Waals surface area contributed by atoms with Crippen LogP contribution in [0.5, 0.6) is 5.75 Å². The van der Waals surface area contributed by atoms with Crippen LogP contribution in [0.15, 0.2) is 66.7 Å². The zero-order valence-corrected chi connectivity index (χ0v) is 19.6. The van der Waals surface area contributed by atoms with E-state index in [1.165, 1.54) is 11.1 Å². The van der Waals surface area contributed by atoms with Gasteiger partial charge < -0.3 is 20.3 Å². The van der Waals surface area contributed by atoms with Crippen molar-refractivity contribution >= 4 is 34.9 Å². The largest absolute Gasteiger partial charge is 0.481 e. The van der Waals surface area contributed by atoms with Gasteiger partial charge in [0, 0.05) is 22.0 Å². The Hall–Kier alpha value is -3.51. The zero-order chi connectivity index (χ0) is 23.7. The van der Waals surface area contributed by atoms with E-state index in [9.17, 15) is 9.59 Å². The van der Waals surface area contributed by atoms with Crippen LogP contribution in [0.25, 0.3) is 0 Å². The first-order valence-electron chi connectivity index (χ1n) is 11.5. The van der Waals surface area contributed by atoms with Gasteiger partial charge in [0.05, 0.1) is 12.6 Å². The summed E-state index contributed by atoms with van der Waals surface area (Å²) in [5.41, 5.74) is 4.60. The molecule has 0 radical (unpaired) electrons. The highest BCUT2D eigenvalue weighted by Crippen LogP contribution is 2.38. The second-order valence-corrected chi connectivity index (χ2v) is 9.18. The lowest BCUT2D eigenvalue weighted by Crippen LogP contribution is -2.41. The summed E-state index contributed by atoms with van der Waals surface area (Å²) >= 11 is 6.00. The number of nitrogens with one attached hydrogen (secondary N) is 2. The molecule has 0 unspecified atom stereocenters. The number of nitrogens with zero attached hydrogens (tertiary/aromatic N) is 1. The van der Waals surface area contributed by atoms with Gasteiger partial charge in [-0.05, 0) is 73.7 Å². The average molecular weight is 476 g/mol. The predicted octanol–water partition coefficient (Wildman–Crippen LogP) is 6.17. The number of anilines is 2. The van der Waals surface area contributed by atoms with Crippen LogP contribution in [-0.4, -0.2) is 22.9 Å². The Morgan fingerprint density at radius 1 is 1.00 bits per heavy atom. The second-order valence-electron chi connectivity index (χ2n) is 8.75. The number of aryl methyl sites for hydroxylation is 1. The molecule has 34 heavy (non-hydrogen) atoms. The first-order valence-corrected chi connectivity index (χ1v) is 11.9. The zero-order valence-electron chi connectivity index (χ0n) is 18.9. The minimum Gasteiger partial charge on any atom is -0.481 e. The maximum Gasteiger partial charge on any atom is 0.323 e. The number of carbonyl (C=O) groups is 2. The van der Waals surface area contributed by atoms with Crippen LogP contribution >= 0.6 is 11.6 Å². The van der Waals surface area contributed by atoms with Gasteiger partial charge in [-0.1, -0.05) is 41.9 Å². The lowest BCUT2D eigenvalue weighted by Gasteiger charge is -2.35. The summed E-state index contributed by atoms with van der Waals surface area (Å²) < 4.78 is 6.01. The smallest absolute Gasteiger partial charge is 0.323 e. The molecule has 1 aliphatic carbocycles. The topological polar surface area (TPSA) is 70.7 Å². The molecule has 0 spiro atoms. The monoisotopic (exact) mass is 475 g/mol. The third-order valence-corrected chi connectivity index (χ3v) is 6.63. The van der Waals surface area contributed by atoms with Crippen molar-refractivity contribution in [3.63, 3.8) is 0 Å². The molecule has 3 aromatic carbocycles. The molecule has 0 bridgehead atoms. The van der Waals surface area contributed by atoms with Gasteiger partial charge in [0.1, 0.15) is 5.75 Å². The maximum atomic E-state index is 13.3. The number of fused-ring (bicyclic) bond motifs is 2.